The van der Waals surface area contributed by atoms with E-state index in [4.69, 9.17) is 9.26 Å². The number of nitrogens with zero attached hydrogens (tertiary/aromatic N) is 5. The largest absolute Gasteiger partial charge is 0.372 e. The first-order chi connectivity index (χ1) is 13.6. The maximum atomic E-state index is 12.6. The first-order valence-electron chi connectivity index (χ1n) is 9.97. The van der Waals surface area contributed by atoms with Crippen LogP contribution in [0.15, 0.2) is 29.0 Å². The van der Waals surface area contributed by atoms with Crippen molar-refractivity contribution in [1.29, 1.82) is 0 Å². The highest BCUT2D eigenvalue weighted by Crippen LogP contribution is 2.30. The first kappa shape index (κ1) is 19.0. The average molecular weight is 385 g/mol. The molecule has 2 aromatic heterocycles. The SMILES string of the molecule is CN1CCOC2(CCN(C(=O)CCCc3nc(-c4ccncc4)no3)CC2)C1. The molecule has 0 bridgehead atoms. The summed E-state index contributed by atoms with van der Waals surface area (Å²) in [4.78, 5) is 25.2. The second-order valence-corrected chi connectivity index (χ2v) is 7.75. The van der Waals surface area contributed by atoms with E-state index in [9.17, 15) is 4.79 Å². The van der Waals surface area contributed by atoms with Crippen LogP contribution in [0.25, 0.3) is 11.4 Å². The van der Waals surface area contributed by atoms with Crippen molar-refractivity contribution in [3.63, 3.8) is 0 Å². The molecule has 4 rings (SSSR count). The third kappa shape index (κ3) is 4.39. The number of piperidine rings is 1. The first-order valence-corrected chi connectivity index (χ1v) is 9.97. The maximum Gasteiger partial charge on any atom is 0.226 e. The monoisotopic (exact) mass is 385 g/mol. The number of pyridine rings is 1. The van der Waals surface area contributed by atoms with E-state index in [0.29, 0.717) is 31.0 Å². The minimum atomic E-state index is -0.0586. The topological polar surface area (TPSA) is 84.6 Å². The molecule has 0 aromatic carbocycles. The van der Waals surface area contributed by atoms with Crippen molar-refractivity contribution in [2.75, 3.05) is 39.8 Å². The molecule has 0 atom stereocenters. The second-order valence-electron chi connectivity index (χ2n) is 7.75. The van der Waals surface area contributed by atoms with Crippen LogP contribution in [0.4, 0.5) is 0 Å². The van der Waals surface area contributed by atoms with Gasteiger partial charge < -0.3 is 19.1 Å². The van der Waals surface area contributed by atoms with Crippen LogP contribution in [0.1, 0.15) is 31.6 Å². The number of likely N-dealkylation sites (tertiary alicyclic amines) is 1. The fourth-order valence-electron chi connectivity index (χ4n) is 4.02. The highest BCUT2D eigenvalue weighted by Gasteiger charge is 2.39. The Morgan fingerprint density at radius 2 is 2.00 bits per heavy atom. The number of ether oxygens (including phenoxy) is 1. The minimum absolute atomic E-state index is 0.0586. The molecule has 0 radical (unpaired) electrons. The van der Waals surface area contributed by atoms with Crippen molar-refractivity contribution in [3.05, 3.63) is 30.4 Å². The molecule has 28 heavy (non-hydrogen) atoms. The molecule has 0 saturated carbocycles. The summed E-state index contributed by atoms with van der Waals surface area (Å²) in [6.07, 6.45) is 7.05. The van der Waals surface area contributed by atoms with E-state index in [1.165, 1.54) is 0 Å². The molecule has 4 heterocycles. The Labute approximate surface area is 164 Å². The van der Waals surface area contributed by atoms with E-state index in [0.717, 1.165) is 51.2 Å². The number of aryl methyl sites for hydroxylation is 1. The Balaban J connectivity index is 1.22. The summed E-state index contributed by atoms with van der Waals surface area (Å²) in [7, 11) is 2.14. The van der Waals surface area contributed by atoms with Gasteiger partial charge in [-0.2, -0.15) is 4.98 Å². The quantitative estimate of drug-likeness (QED) is 0.775. The second kappa shape index (κ2) is 8.36. The lowest BCUT2D eigenvalue weighted by molar-refractivity contribution is -0.148. The van der Waals surface area contributed by atoms with E-state index < -0.39 is 0 Å². The molecule has 2 saturated heterocycles. The van der Waals surface area contributed by atoms with Crippen LogP contribution in [-0.4, -0.2) is 76.3 Å². The number of amides is 1. The minimum Gasteiger partial charge on any atom is -0.372 e. The summed E-state index contributed by atoms with van der Waals surface area (Å²) in [5, 5.41) is 4.00. The Morgan fingerprint density at radius 1 is 1.21 bits per heavy atom. The maximum absolute atomic E-state index is 12.6. The van der Waals surface area contributed by atoms with Gasteiger partial charge in [-0.05, 0) is 38.4 Å². The molecular weight excluding hydrogens is 358 g/mol. The zero-order valence-corrected chi connectivity index (χ0v) is 16.3. The van der Waals surface area contributed by atoms with Crippen LogP contribution in [0.3, 0.4) is 0 Å². The van der Waals surface area contributed by atoms with E-state index in [2.05, 4.69) is 27.1 Å². The number of carbonyl (C=O) groups is 1. The number of aromatic nitrogens is 3. The van der Waals surface area contributed by atoms with E-state index >= 15 is 0 Å². The average Bonchev–Trinajstić information content (AvgIpc) is 3.18. The van der Waals surface area contributed by atoms with Gasteiger partial charge in [-0.15, -0.1) is 0 Å². The Hall–Kier alpha value is -2.32. The predicted octanol–water partition coefficient (Wildman–Crippen LogP) is 1.78. The highest BCUT2D eigenvalue weighted by atomic mass is 16.5. The Kier molecular flexibility index (Phi) is 5.68. The summed E-state index contributed by atoms with van der Waals surface area (Å²) in [6, 6.07) is 3.68. The number of rotatable bonds is 5. The van der Waals surface area contributed by atoms with Gasteiger partial charge >= 0.3 is 0 Å². The van der Waals surface area contributed by atoms with Gasteiger partial charge in [0.25, 0.3) is 0 Å². The lowest BCUT2D eigenvalue weighted by Gasteiger charge is -2.46. The van der Waals surface area contributed by atoms with Crippen molar-refractivity contribution in [3.8, 4) is 11.4 Å². The van der Waals surface area contributed by atoms with Crippen LogP contribution in [-0.2, 0) is 16.0 Å². The van der Waals surface area contributed by atoms with Crippen LogP contribution in [0.5, 0.6) is 0 Å². The van der Waals surface area contributed by atoms with Crippen molar-refractivity contribution in [1.82, 2.24) is 24.9 Å². The molecule has 2 aliphatic heterocycles. The smallest absolute Gasteiger partial charge is 0.226 e. The van der Waals surface area contributed by atoms with Crippen LogP contribution in [0, 0.1) is 0 Å². The number of hydrogen-bond donors (Lipinski definition) is 0. The molecule has 1 amide bonds. The fraction of sp³-hybridized carbons (Fsp3) is 0.600. The third-order valence-electron chi connectivity index (χ3n) is 5.65. The lowest BCUT2D eigenvalue weighted by Crippen LogP contribution is -2.56. The molecule has 0 aliphatic carbocycles. The predicted molar refractivity (Wildman–Crippen MR) is 102 cm³/mol. The molecule has 0 N–H and O–H groups in total. The van der Waals surface area contributed by atoms with E-state index in [1.807, 2.05) is 17.0 Å². The van der Waals surface area contributed by atoms with Gasteiger partial charge in [-0.3, -0.25) is 9.78 Å². The molecule has 2 aliphatic rings. The van der Waals surface area contributed by atoms with Gasteiger partial charge in [0, 0.05) is 57.0 Å². The van der Waals surface area contributed by atoms with Crippen molar-refractivity contribution in [2.45, 2.75) is 37.7 Å². The van der Waals surface area contributed by atoms with Crippen molar-refractivity contribution in [2.24, 2.45) is 0 Å². The molecule has 8 nitrogen and oxygen atoms in total. The number of carbonyl (C=O) groups excluding carboxylic acids is 1. The third-order valence-corrected chi connectivity index (χ3v) is 5.65. The summed E-state index contributed by atoms with van der Waals surface area (Å²) >= 11 is 0. The normalized spacial score (nSPS) is 19.8. The van der Waals surface area contributed by atoms with Crippen molar-refractivity contribution >= 4 is 5.91 Å². The van der Waals surface area contributed by atoms with Gasteiger partial charge in [-0.1, -0.05) is 5.16 Å². The Bertz CT molecular complexity index is 786. The van der Waals surface area contributed by atoms with Gasteiger partial charge in [-0.25, -0.2) is 0 Å². The molecule has 2 aromatic rings. The summed E-state index contributed by atoms with van der Waals surface area (Å²) in [5.41, 5.74) is 0.815. The number of likely N-dealkylation sites (N-methyl/N-ethyl adjacent to an activating group) is 1. The fourth-order valence-corrected chi connectivity index (χ4v) is 4.02. The van der Waals surface area contributed by atoms with E-state index in [1.54, 1.807) is 12.4 Å². The molecule has 2 fully saturated rings. The summed E-state index contributed by atoms with van der Waals surface area (Å²) in [6.45, 7) is 4.30. The zero-order valence-electron chi connectivity index (χ0n) is 16.3. The molecule has 8 heteroatoms. The standard InChI is InChI=1S/C20H27N5O3/c1-24-13-14-27-20(15-24)7-11-25(12-8-20)18(26)4-2-3-17-22-19(23-28-17)16-5-9-21-10-6-16/h5-6,9-10H,2-4,7-8,11-15H2,1H3. The summed E-state index contributed by atoms with van der Waals surface area (Å²) in [5.74, 6) is 1.33. The van der Waals surface area contributed by atoms with Crippen LogP contribution < -0.4 is 0 Å². The van der Waals surface area contributed by atoms with Crippen LogP contribution in [0.2, 0.25) is 0 Å². The molecule has 1 spiro atoms. The zero-order chi connectivity index (χ0) is 19.4. The lowest BCUT2D eigenvalue weighted by atomic mass is 9.89. The number of hydrogen-bond acceptors (Lipinski definition) is 7. The van der Waals surface area contributed by atoms with E-state index in [-0.39, 0.29) is 11.5 Å². The van der Waals surface area contributed by atoms with Gasteiger partial charge in [0.2, 0.25) is 17.6 Å². The van der Waals surface area contributed by atoms with Crippen molar-refractivity contribution < 1.29 is 14.1 Å². The van der Waals surface area contributed by atoms with Crippen LogP contribution >= 0.6 is 0 Å². The molecule has 150 valence electrons. The molecular formula is C20H27N5O3. The van der Waals surface area contributed by atoms with Gasteiger partial charge in [0.15, 0.2) is 0 Å². The number of morpholine rings is 1. The molecule has 0 unspecified atom stereocenters. The Morgan fingerprint density at radius 3 is 2.75 bits per heavy atom. The summed E-state index contributed by atoms with van der Waals surface area (Å²) < 4.78 is 11.4. The van der Waals surface area contributed by atoms with Gasteiger partial charge in [0.05, 0.1) is 12.2 Å². The highest BCUT2D eigenvalue weighted by molar-refractivity contribution is 5.76. The van der Waals surface area contributed by atoms with Gasteiger partial charge in [0.1, 0.15) is 0 Å².